The van der Waals surface area contributed by atoms with Gasteiger partial charge in [0.15, 0.2) is 0 Å². The Bertz CT molecular complexity index is 820. The molecule has 0 radical (unpaired) electrons. The van der Waals surface area contributed by atoms with Gasteiger partial charge in [-0.2, -0.15) is 0 Å². The van der Waals surface area contributed by atoms with Crippen LogP contribution in [0.1, 0.15) is 36.6 Å². The Morgan fingerprint density at radius 3 is 2.68 bits per heavy atom. The lowest BCUT2D eigenvalue weighted by Gasteiger charge is -2.24. The van der Waals surface area contributed by atoms with Gasteiger partial charge in [-0.05, 0) is 61.1 Å². The number of likely N-dealkylation sites (N-methyl/N-ethyl adjacent to an activating group) is 1. The predicted molar refractivity (Wildman–Crippen MR) is 94.5 cm³/mol. The van der Waals surface area contributed by atoms with Gasteiger partial charge in [-0.15, -0.1) is 0 Å². The summed E-state index contributed by atoms with van der Waals surface area (Å²) in [5.74, 6) is -0.0405. The second-order valence-corrected chi connectivity index (χ2v) is 7.17. The van der Waals surface area contributed by atoms with E-state index in [4.69, 9.17) is 0 Å². The van der Waals surface area contributed by atoms with Gasteiger partial charge in [0, 0.05) is 19.8 Å². The average molecular weight is 339 g/mol. The van der Waals surface area contributed by atoms with Crippen LogP contribution in [0.25, 0.3) is 11.1 Å². The summed E-state index contributed by atoms with van der Waals surface area (Å²) < 4.78 is 13.2. The van der Waals surface area contributed by atoms with E-state index in [1.165, 1.54) is 12.1 Å². The Balaban J connectivity index is 1.65. The third-order valence-electron chi connectivity index (χ3n) is 5.67. The monoisotopic (exact) mass is 339 g/mol. The van der Waals surface area contributed by atoms with Crippen LogP contribution in [0.5, 0.6) is 0 Å². The summed E-state index contributed by atoms with van der Waals surface area (Å²) in [6.45, 7) is 2.86. The molecule has 1 aromatic carbocycles. The second-order valence-electron chi connectivity index (χ2n) is 7.17. The molecule has 0 aliphatic carbocycles. The highest BCUT2D eigenvalue weighted by atomic mass is 19.1. The van der Waals surface area contributed by atoms with Gasteiger partial charge in [0.2, 0.25) is 5.91 Å². The number of amides is 1. The Hall–Kier alpha value is -2.27. The Labute approximate surface area is 147 Å². The molecule has 1 N–H and O–H groups in total. The molecular formula is C20H22FN3O. The van der Waals surface area contributed by atoms with E-state index < -0.39 is 5.54 Å². The Morgan fingerprint density at radius 1 is 1.24 bits per heavy atom. The molecule has 2 aliphatic rings. The number of aromatic nitrogens is 1. The molecular weight excluding hydrogens is 317 g/mol. The molecule has 2 aliphatic heterocycles. The molecule has 4 rings (SSSR count). The van der Waals surface area contributed by atoms with Crippen molar-refractivity contribution in [3.05, 3.63) is 53.6 Å². The highest BCUT2D eigenvalue weighted by molar-refractivity contribution is 5.88. The summed E-state index contributed by atoms with van der Waals surface area (Å²) in [4.78, 5) is 18.9. The first-order valence-electron chi connectivity index (χ1n) is 8.75. The van der Waals surface area contributed by atoms with Crippen LogP contribution in [-0.4, -0.2) is 34.9 Å². The van der Waals surface area contributed by atoms with E-state index in [-0.39, 0.29) is 17.8 Å². The zero-order chi connectivity index (χ0) is 17.6. The van der Waals surface area contributed by atoms with E-state index in [1.54, 1.807) is 18.3 Å². The zero-order valence-electron chi connectivity index (χ0n) is 14.6. The number of carbonyl (C=O) groups excluding carboxylic acids is 1. The number of hydrogen-bond donors (Lipinski definition) is 1. The van der Waals surface area contributed by atoms with Crippen molar-refractivity contribution in [1.82, 2.24) is 15.2 Å². The summed E-state index contributed by atoms with van der Waals surface area (Å²) in [5.41, 5.74) is 3.69. The minimum atomic E-state index is -0.417. The van der Waals surface area contributed by atoms with Crippen LogP contribution in [-0.2, 0) is 4.79 Å². The normalized spacial score (nSPS) is 26.0. The van der Waals surface area contributed by atoms with Gasteiger partial charge in [0.05, 0.1) is 11.7 Å². The minimum Gasteiger partial charge on any atom is -0.344 e. The lowest BCUT2D eigenvalue weighted by Crippen LogP contribution is -2.47. The van der Waals surface area contributed by atoms with Crippen LogP contribution < -0.4 is 5.32 Å². The molecule has 1 aromatic heterocycles. The molecule has 2 fully saturated rings. The Morgan fingerprint density at radius 2 is 2.00 bits per heavy atom. The second kappa shape index (κ2) is 5.92. The number of carbonyl (C=O) groups is 1. The molecule has 25 heavy (non-hydrogen) atoms. The van der Waals surface area contributed by atoms with Gasteiger partial charge in [-0.3, -0.25) is 15.1 Å². The first-order valence-corrected chi connectivity index (χ1v) is 8.75. The number of rotatable bonds is 2. The fourth-order valence-electron chi connectivity index (χ4n) is 4.22. The molecule has 4 nitrogen and oxygen atoms in total. The average Bonchev–Trinajstić information content (AvgIpc) is 3.16. The molecule has 2 atom stereocenters. The van der Waals surface area contributed by atoms with Crippen LogP contribution in [0.3, 0.4) is 0 Å². The van der Waals surface area contributed by atoms with Gasteiger partial charge in [0.25, 0.3) is 0 Å². The zero-order valence-corrected chi connectivity index (χ0v) is 14.6. The van der Waals surface area contributed by atoms with E-state index in [0.717, 1.165) is 48.2 Å². The van der Waals surface area contributed by atoms with Crippen LogP contribution in [0.4, 0.5) is 4.39 Å². The summed E-state index contributed by atoms with van der Waals surface area (Å²) in [6, 6.07) is 8.58. The van der Waals surface area contributed by atoms with Crippen LogP contribution >= 0.6 is 0 Å². The third kappa shape index (κ3) is 2.63. The predicted octanol–water partition coefficient (Wildman–Crippen LogP) is 3.22. The van der Waals surface area contributed by atoms with Crippen LogP contribution in [0.15, 0.2) is 36.5 Å². The smallest absolute Gasteiger partial charge is 0.242 e. The maximum Gasteiger partial charge on any atom is 0.242 e. The molecule has 0 bridgehead atoms. The molecule has 1 amide bonds. The molecule has 3 heterocycles. The van der Waals surface area contributed by atoms with E-state index in [1.807, 2.05) is 18.0 Å². The molecule has 2 aromatic rings. The molecule has 1 spiro atoms. The quantitative estimate of drug-likeness (QED) is 0.914. The molecule has 0 saturated carbocycles. The Kier molecular flexibility index (Phi) is 3.84. The van der Waals surface area contributed by atoms with Crippen molar-refractivity contribution < 1.29 is 9.18 Å². The van der Waals surface area contributed by atoms with Gasteiger partial charge >= 0.3 is 0 Å². The van der Waals surface area contributed by atoms with Crippen LogP contribution in [0.2, 0.25) is 0 Å². The van der Waals surface area contributed by atoms with Crippen molar-refractivity contribution in [2.75, 3.05) is 13.6 Å². The van der Waals surface area contributed by atoms with E-state index in [9.17, 15) is 9.18 Å². The van der Waals surface area contributed by atoms with Crippen molar-refractivity contribution >= 4 is 5.91 Å². The summed E-state index contributed by atoms with van der Waals surface area (Å²) in [6.07, 6.45) is 4.41. The van der Waals surface area contributed by atoms with Gasteiger partial charge in [0.1, 0.15) is 11.4 Å². The first kappa shape index (κ1) is 16.2. The van der Waals surface area contributed by atoms with Crippen molar-refractivity contribution in [3.8, 4) is 11.1 Å². The highest BCUT2D eigenvalue weighted by Gasteiger charge is 2.50. The molecule has 0 unspecified atom stereocenters. The van der Waals surface area contributed by atoms with Crippen molar-refractivity contribution in [2.24, 2.45) is 0 Å². The van der Waals surface area contributed by atoms with Gasteiger partial charge in [-0.1, -0.05) is 12.1 Å². The largest absolute Gasteiger partial charge is 0.344 e. The topological polar surface area (TPSA) is 45.2 Å². The number of likely N-dealkylation sites (tertiary alicyclic amines) is 1. The number of nitrogens with zero attached hydrogens (tertiary/aromatic N) is 2. The van der Waals surface area contributed by atoms with E-state index in [2.05, 4.69) is 17.2 Å². The fourth-order valence-corrected chi connectivity index (χ4v) is 4.22. The van der Waals surface area contributed by atoms with Crippen molar-refractivity contribution in [2.45, 2.75) is 37.8 Å². The molecule has 2 saturated heterocycles. The lowest BCUT2D eigenvalue weighted by atomic mass is 9.95. The summed E-state index contributed by atoms with van der Waals surface area (Å²) in [7, 11) is 1.87. The number of hydrogen-bond acceptors (Lipinski definition) is 3. The summed E-state index contributed by atoms with van der Waals surface area (Å²) in [5, 5.41) is 3.58. The van der Waals surface area contributed by atoms with Gasteiger partial charge < -0.3 is 4.90 Å². The maximum absolute atomic E-state index is 13.2. The highest BCUT2D eigenvalue weighted by Crippen LogP contribution is 2.40. The minimum absolute atomic E-state index is 0.0795. The third-order valence-corrected chi connectivity index (χ3v) is 5.67. The fraction of sp³-hybridized carbons (Fsp3) is 0.400. The molecule has 130 valence electrons. The number of pyridine rings is 1. The van der Waals surface area contributed by atoms with Crippen molar-refractivity contribution in [1.29, 1.82) is 0 Å². The lowest BCUT2D eigenvalue weighted by molar-refractivity contribution is -0.131. The van der Waals surface area contributed by atoms with Gasteiger partial charge in [-0.25, -0.2) is 4.39 Å². The summed E-state index contributed by atoms with van der Waals surface area (Å²) >= 11 is 0. The number of nitrogens with one attached hydrogen (secondary N) is 1. The number of benzene rings is 1. The van der Waals surface area contributed by atoms with Crippen LogP contribution in [0, 0.1) is 12.7 Å². The maximum atomic E-state index is 13.2. The first-order chi connectivity index (χ1) is 12.0. The van der Waals surface area contributed by atoms with E-state index >= 15 is 0 Å². The van der Waals surface area contributed by atoms with Crippen molar-refractivity contribution in [3.63, 3.8) is 0 Å². The van der Waals surface area contributed by atoms with E-state index in [0.29, 0.717) is 0 Å². The standard InChI is InChI=1S/C20H22FN3O/c1-13-16(14-3-5-15(21)6-4-14)8-11-22-18(13)17-7-9-20(23-17)10-12-24(2)19(20)25/h3-6,8,11,17,23H,7,9-10,12H2,1-2H3/t17-,20+/m1/s1. The number of halogens is 1. The molecule has 5 heteroatoms. The SMILES string of the molecule is Cc1c(-c2ccc(F)cc2)ccnc1[C@H]1CC[C@@]2(CCN(C)C2=O)N1.